The third-order valence-electron chi connectivity index (χ3n) is 5.78. The first-order valence-electron chi connectivity index (χ1n) is 9.59. The van der Waals surface area contributed by atoms with Crippen molar-refractivity contribution in [1.82, 2.24) is 14.9 Å². The van der Waals surface area contributed by atoms with Crippen molar-refractivity contribution in [1.29, 1.82) is 0 Å². The van der Waals surface area contributed by atoms with Crippen molar-refractivity contribution in [2.45, 2.75) is 38.9 Å². The highest BCUT2D eigenvalue weighted by molar-refractivity contribution is 5.94. The number of aryl methyl sites for hydroxylation is 2. The fourth-order valence-corrected chi connectivity index (χ4v) is 4.36. The lowest BCUT2D eigenvalue weighted by Crippen LogP contribution is -2.42. The molecule has 2 aromatic heterocycles. The summed E-state index contributed by atoms with van der Waals surface area (Å²) in [7, 11) is 0. The summed E-state index contributed by atoms with van der Waals surface area (Å²) in [5, 5.41) is 10.6. The number of pyridine rings is 2. The summed E-state index contributed by atoms with van der Waals surface area (Å²) in [6.45, 7) is 4.96. The van der Waals surface area contributed by atoms with E-state index in [1.165, 1.54) is 12.3 Å². The van der Waals surface area contributed by atoms with Gasteiger partial charge in [0, 0.05) is 25.0 Å². The van der Waals surface area contributed by atoms with E-state index in [-0.39, 0.29) is 29.4 Å². The van der Waals surface area contributed by atoms with Crippen LogP contribution in [-0.2, 0) is 0 Å². The first-order valence-corrected chi connectivity index (χ1v) is 9.59. The largest absolute Gasteiger partial charge is 0.486 e. The molecule has 0 spiro atoms. The number of hydrogen-bond donors (Lipinski definition) is 1. The number of aromatic nitrogens is 2. The second kappa shape index (κ2) is 7.47. The van der Waals surface area contributed by atoms with E-state index in [1.807, 2.05) is 26.0 Å². The zero-order chi connectivity index (χ0) is 19.8. The van der Waals surface area contributed by atoms with Crippen LogP contribution < -0.4 is 4.74 Å². The molecule has 2 aromatic rings. The van der Waals surface area contributed by atoms with Crippen LogP contribution in [-0.4, -0.2) is 51.2 Å². The lowest BCUT2D eigenvalue weighted by Gasteiger charge is -2.35. The smallest absolute Gasteiger partial charge is 0.255 e. The van der Waals surface area contributed by atoms with Gasteiger partial charge in [0.1, 0.15) is 17.7 Å². The number of halogens is 1. The van der Waals surface area contributed by atoms with Crippen molar-refractivity contribution in [2.24, 2.45) is 11.8 Å². The number of carbonyl (C=O) groups excluding carboxylic acids is 1. The number of amides is 1. The van der Waals surface area contributed by atoms with Crippen LogP contribution in [0, 0.1) is 31.5 Å². The quantitative estimate of drug-likeness (QED) is 0.879. The van der Waals surface area contributed by atoms with Gasteiger partial charge in [-0.2, -0.15) is 0 Å². The van der Waals surface area contributed by atoms with Crippen LogP contribution in [0.3, 0.4) is 0 Å². The summed E-state index contributed by atoms with van der Waals surface area (Å²) in [6, 6.07) is 4.99. The van der Waals surface area contributed by atoms with E-state index in [2.05, 4.69) is 9.97 Å². The Morgan fingerprint density at radius 1 is 1.21 bits per heavy atom. The fourth-order valence-electron chi connectivity index (χ4n) is 4.36. The molecule has 6 nitrogen and oxygen atoms in total. The molecular weight excluding hydrogens is 361 g/mol. The van der Waals surface area contributed by atoms with Gasteiger partial charge < -0.3 is 14.7 Å². The number of aliphatic hydroxyl groups is 1. The minimum Gasteiger partial charge on any atom is -0.486 e. The van der Waals surface area contributed by atoms with E-state index in [1.54, 1.807) is 4.90 Å². The number of ether oxygens (including phenoxy) is 1. The molecule has 148 valence electrons. The molecule has 3 heterocycles. The monoisotopic (exact) mass is 385 g/mol. The van der Waals surface area contributed by atoms with E-state index < -0.39 is 11.9 Å². The predicted octanol–water partition coefficient (Wildman–Crippen LogP) is 2.52. The van der Waals surface area contributed by atoms with Crippen molar-refractivity contribution in [3.05, 3.63) is 53.4 Å². The van der Waals surface area contributed by atoms with Crippen molar-refractivity contribution in [3.8, 4) is 5.75 Å². The Labute approximate surface area is 163 Å². The molecule has 0 bridgehead atoms. The average Bonchev–Trinajstić information content (AvgIpc) is 3.06. The maximum Gasteiger partial charge on any atom is 0.255 e. The molecule has 4 rings (SSSR count). The topological polar surface area (TPSA) is 75.5 Å². The molecule has 4 atom stereocenters. The summed E-state index contributed by atoms with van der Waals surface area (Å²) in [4.78, 5) is 22.6. The lowest BCUT2D eigenvalue weighted by atomic mass is 9.78. The number of likely N-dealkylation sites (tertiary alicyclic amines) is 1. The molecule has 0 aromatic carbocycles. The SMILES string of the molecule is Cc1ccc(O[C@@H]2C[C@@H]3CN(C(=O)c4cncc(F)c4)C[C@@H]3C[C@H]2O)c(C)n1. The summed E-state index contributed by atoms with van der Waals surface area (Å²) >= 11 is 0. The molecule has 1 N–H and O–H groups in total. The van der Waals surface area contributed by atoms with E-state index >= 15 is 0 Å². The fraction of sp³-hybridized carbons (Fsp3) is 0.476. The van der Waals surface area contributed by atoms with Crippen LogP contribution in [0.5, 0.6) is 5.75 Å². The zero-order valence-corrected chi connectivity index (χ0v) is 16.0. The van der Waals surface area contributed by atoms with Gasteiger partial charge in [0.05, 0.1) is 23.6 Å². The lowest BCUT2D eigenvalue weighted by molar-refractivity contribution is -0.0236. The highest BCUT2D eigenvalue weighted by Crippen LogP contribution is 2.38. The highest BCUT2D eigenvalue weighted by Gasteiger charge is 2.44. The Kier molecular flexibility index (Phi) is 5.02. The standard InChI is InChI=1S/C21H24FN3O3/c1-12-3-4-19(13(2)24-12)28-20-7-16-11-25(10-15(16)6-18(20)26)21(27)14-5-17(22)9-23-8-14/h3-5,8-9,15-16,18,20,26H,6-7,10-11H2,1-2H3/t15-,16+,18+,20+/m0/s1. The number of carbonyl (C=O) groups is 1. The molecule has 1 aliphatic carbocycles. The maximum atomic E-state index is 13.4. The second-order valence-electron chi connectivity index (χ2n) is 7.85. The van der Waals surface area contributed by atoms with Crippen LogP contribution in [0.15, 0.2) is 30.6 Å². The van der Waals surface area contributed by atoms with Crippen molar-refractivity contribution < 1.29 is 19.0 Å². The summed E-state index contributed by atoms with van der Waals surface area (Å²) < 4.78 is 19.5. The molecule has 2 aliphatic rings. The maximum absolute atomic E-state index is 13.4. The molecule has 0 radical (unpaired) electrons. The Balaban J connectivity index is 1.44. The number of rotatable bonds is 3. The van der Waals surface area contributed by atoms with Gasteiger partial charge in [0.25, 0.3) is 5.91 Å². The average molecular weight is 385 g/mol. The molecule has 0 unspecified atom stereocenters. The zero-order valence-electron chi connectivity index (χ0n) is 16.0. The minimum absolute atomic E-state index is 0.216. The van der Waals surface area contributed by atoms with E-state index in [4.69, 9.17) is 4.74 Å². The van der Waals surface area contributed by atoms with Crippen LogP contribution >= 0.6 is 0 Å². The summed E-state index contributed by atoms with van der Waals surface area (Å²) in [5.74, 6) is 0.417. The van der Waals surface area contributed by atoms with Gasteiger partial charge in [-0.05, 0) is 56.7 Å². The predicted molar refractivity (Wildman–Crippen MR) is 100 cm³/mol. The van der Waals surface area contributed by atoms with Crippen LogP contribution in [0.4, 0.5) is 4.39 Å². The summed E-state index contributed by atoms with van der Waals surface area (Å²) in [6.07, 6.45) is 2.81. The minimum atomic E-state index is -0.590. The molecule has 1 amide bonds. The number of aliphatic hydroxyl groups excluding tert-OH is 1. The normalized spacial score (nSPS) is 26.8. The molecule has 2 fully saturated rings. The third kappa shape index (κ3) is 3.71. The molecule has 1 aliphatic heterocycles. The van der Waals surface area contributed by atoms with E-state index in [0.717, 1.165) is 17.6 Å². The van der Waals surface area contributed by atoms with Crippen LogP contribution in [0.2, 0.25) is 0 Å². The Morgan fingerprint density at radius 2 is 1.96 bits per heavy atom. The number of nitrogens with zero attached hydrogens (tertiary/aromatic N) is 3. The van der Waals surface area contributed by atoms with E-state index in [0.29, 0.717) is 31.7 Å². The van der Waals surface area contributed by atoms with Crippen LogP contribution in [0.25, 0.3) is 0 Å². The van der Waals surface area contributed by atoms with Crippen molar-refractivity contribution >= 4 is 5.91 Å². The number of fused-ring (bicyclic) bond motifs is 1. The Morgan fingerprint density at radius 3 is 2.68 bits per heavy atom. The first-order chi connectivity index (χ1) is 13.4. The molecule has 28 heavy (non-hydrogen) atoms. The Bertz CT molecular complexity index is 891. The molecule has 1 saturated carbocycles. The first kappa shape index (κ1) is 18.8. The van der Waals surface area contributed by atoms with Gasteiger partial charge in [0.2, 0.25) is 0 Å². The molecule has 1 saturated heterocycles. The number of hydrogen-bond acceptors (Lipinski definition) is 5. The van der Waals surface area contributed by atoms with Crippen molar-refractivity contribution in [3.63, 3.8) is 0 Å². The van der Waals surface area contributed by atoms with Crippen LogP contribution in [0.1, 0.15) is 34.6 Å². The van der Waals surface area contributed by atoms with Crippen molar-refractivity contribution in [2.75, 3.05) is 13.1 Å². The summed E-state index contributed by atoms with van der Waals surface area (Å²) in [5.41, 5.74) is 1.98. The Hall–Kier alpha value is -2.54. The van der Waals surface area contributed by atoms with Gasteiger partial charge in [-0.15, -0.1) is 0 Å². The second-order valence-corrected chi connectivity index (χ2v) is 7.85. The third-order valence-corrected chi connectivity index (χ3v) is 5.78. The van der Waals surface area contributed by atoms with Gasteiger partial charge >= 0.3 is 0 Å². The molecular formula is C21H24FN3O3. The van der Waals surface area contributed by atoms with Gasteiger partial charge in [0.15, 0.2) is 0 Å². The van der Waals surface area contributed by atoms with Gasteiger partial charge in [-0.25, -0.2) is 4.39 Å². The van der Waals surface area contributed by atoms with Gasteiger partial charge in [-0.3, -0.25) is 14.8 Å². The highest BCUT2D eigenvalue weighted by atomic mass is 19.1. The van der Waals surface area contributed by atoms with E-state index in [9.17, 15) is 14.3 Å². The molecule has 7 heteroatoms. The van der Waals surface area contributed by atoms with Gasteiger partial charge in [-0.1, -0.05) is 0 Å².